The van der Waals surface area contributed by atoms with Gasteiger partial charge in [-0.15, -0.1) is 0 Å². The normalized spacial score (nSPS) is 44.0. The Balaban J connectivity index is 1.30. The lowest BCUT2D eigenvalue weighted by atomic mass is 9.49. The van der Waals surface area contributed by atoms with Crippen molar-refractivity contribution in [3.8, 4) is 6.07 Å². The van der Waals surface area contributed by atoms with Crippen LogP contribution in [0.1, 0.15) is 89.7 Å². The molecule has 0 aliphatic heterocycles. The molecule has 4 aliphatic carbocycles. The van der Waals surface area contributed by atoms with E-state index in [0.717, 1.165) is 48.0 Å². The Morgan fingerprint density at radius 2 is 1.81 bits per heavy atom. The van der Waals surface area contributed by atoms with Crippen LogP contribution in [0.5, 0.6) is 0 Å². The maximum absolute atomic E-state index is 10.6. The van der Waals surface area contributed by atoms with Crippen LogP contribution in [0.25, 0.3) is 0 Å². The van der Waals surface area contributed by atoms with Crippen molar-refractivity contribution in [1.82, 2.24) is 0 Å². The third kappa shape index (κ3) is 3.67. The van der Waals surface area contributed by atoms with Crippen molar-refractivity contribution in [1.29, 1.82) is 5.26 Å². The predicted molar refractivity (Wildman–Crippen MR) is 130 cm³/mol. The molecule has 3 heteroatoms. The zero-order valence-corrected chi connectivity index (χ0v) is 20.5. The monoisotopic (exact) mass is 434 g/mol. The summed E-state index contributed by atoms with van der Waals surface area (Å²) in [7, 11) is 0. The number of nitrogens with zero attached hydrogens (tertiary/aromatic N) is 1. The van der Waals surface area contributed by atoms with Crippen molar-refractivity contribution in [2.45, 2.75) is 97.1 Å². The van der Waals surface area contributed by atoms with Crippen LogP contribution in [0.15, 0.2) is 18.2 Å². The summed E-state index contributed by atoms with van der Waals surface area (Å²) >= 11 is 0. The molecule has 0 amide bonds. The molecule has 0 bridgehead atoms. The summed E-state index contributed by atoms with van der Waals surface area (Å²) in [5, 5.41) is 23.7. The number of hydrogen-bond donors (Lipinski definition) is 2. The molecule has 0 radical (unpaired) electrons. The third-order valence-corrected chi connectivity index (χ3v) is 10.7. The molecule has 0 heterocycles. The highest BCUT2D eigenvalue weighted by Gasteiger charge is 2.58. The van der Waals surface area contributed by atoms with Gasteiger partial charge in [-0.1, -0.05) is 6.92 Å². The van der Waals surface area contributed by atoms with Gasteiger partial charge in [0.2, 0.25) is 0 Å². The van der Waals surface area contributed by atoms with E-state index in [-0.39, 0.29) is 0 Å². The van der Waals surface area contributed by atoms with Gasteiger partial charge in [0.05, 0.1) is 17.2 Å². The second kappa shape index (κ2) is 8.05. The van der Waals surface area contributed by atoms with Gasteiger partial charge in [0.25, 0.3) is 0 Å². The fourth-order valence-electron chi connectivity index (χ4n) is 9.18. The summed E-state index contributed by atoms with van der Waals surface area (Å²) < 4.78 is 0. The average molecular weight is 435 g/mol. The minimum absolute atomic E-state index is 0.416. The van der Waals surface area contributed by atoms with E-state index in [0.29, 0.717) is 17.4 Å². The minimum Gasteiger partial charge on any atom is -0.390 e. The highest BCUT2D eigenvalue weighted by Crippen LogP contribution is 2.65. The number of fused-ring (bicyclic) bond motifs is 5. The van der Waals surface area contributed by atoms with Gasteiger partial charge in [-0.05, 0) is 143 Å². The number of nitrogens with one attached hydrogen (secondary N) is 1. The SMILES string of the molecule is Cc1cc(C#N)ccc1N[C@H](C)[C@H]1CC[C@H]2[C@@H]3CC[C@@H]4C[C@](C)(O)CC[C@@H]4[C@H]3CC[C@]12C. The van der Waals surface area contributed by atoms with E-state index >= 15 is 0 Å². The first-order valence-electron chi connectivity index (χ1n) is 13.2. The Morgan fingerprint density at radius 3 is 2.56 bits per heavy atom. The minimum atomic E-state index is -0.416. The molecule has 1 aromatic carbocycles. The van der Waals surface area contributed by atoms with Crippen molar-refractivity contribution in [2.75, 3.05) is 5.32 Å². The van der Waals surface area contributed by atoms with Crippen LogP contribution in [-0.2, 0) is 0 Å². The van der Waals surface area contributed by atoms with Crippen LogP contribution in [0.3, 0.4) is 0 Å². The number of hydrogen-bond acceptors (Lipinski definition) is 3. The van der Waals surface area contributed by atoms with Crippen LogP contribution in [0.4, 0.5) is 5.69 Å². The number of aryl methyl sites for hydroxylation is 1. The Hall–Kier alpha value is -1.53. The molecule has 9 atom stereocenters. The van der Waals surface area contributed by atoms with Gasteiger partial charge in [0.1, 0.15) is 0 Å². The fourth-order valence-corrected chi connectivity index (χ4v) is 9.18. The molecular formula is C29H42N2O. The molecule has 3 nitrogen and oxygen atoms in total. The van der Waals surface area contributed by atoms with Gasteiger partial charge < -0.3 is 10.4 Å². The number of aliphatic hydroxyl groups is 1. The van der Waals surface area contributed by atoms with Gasteiger partial charge >= 0.3 is 0 Å². The van der Waals surface area contributed by atoms with E-state index in [4.69, 9.17) is 0 Å². The summed E-state index contributed by atoms with van der Waals surface area (Å²) in [4.78, 5) is 0. The van der Waals surface area contributed by atoms with Crippen molar-refractivity contribution in [3.05, 3.63) is 29.3 Å². The van der Waals surface area contributed by atoms with Crippen molar-refractivity contribution in [2.24, 2.45) is 40.9 Å². The molecule has 0 spiro atoms. The number of anilines is 1. The largest absolute Gasteiger partial charge is 0.390 e. The molecule has 5 rings (SSSR count). The Kier molecular flexibility index (Phi) is 5.60. The Bertz CT molecular complexity index is 901. The van der Waals surface area contributed by atoms with Crippen molar-refractivity contribution < 1.29 is 5.11 Å². The van der Waals surface area contributed by atoms with Gasteiger partial charge in [-0.3, -0.25) is 0 Å². The third-order valence-electron chi connectivity index (χ3n) is 10.7. The van der Waals surface area contributed by atoms with Crippen LogP contribution < -0.4 is 5.32 Å². The lowest BCUT2D eigenvalue weighted by Gasteiger charge is -2.57. The molecule has 2 N–H and O–H groups in total. The zero-order valence-electron chi connectivity index (χ0n) is 20.5. The molecule has 4 fully saturated rings. The molecular weight excluding hydrogens is 392 g/mol. The van der Waals surface area contributed by atoms with Crippen molar-refractivity contribution in [3.63, 3.8) is 0 Å². The number of rotatable bonds is 3. The highest BCUT2D eigenvalue weighted by atomic mass is 16.3. The maximum atomic E-state index is 10.6. The first-order chi connectivity index (χ1) is 15.2. The van der Waals surface area contributed by atoms with Gasteiger partial charge in [-0.2, -0.15) is 5.26 Å². The molecule has 1 aromatic rings. The predicted octanol–water partition coefficient (Wildman–Crippen LogP) is 6.69. The number of nitriles is 1. The summed E-state index contributed by atoms with van der Waals surface area (Å²) in [6, 6.07) is 8.74. The quantitative estimate of drug-likeness (QED) is 0.557. The van der Waals surface area contributed by atoms with E-state index in [2.05, 4.69) is 45.1 Å². The van der Waals surface area contributed by atoms with Gasteiger partial charge in [-0.25, -0.2) is 0 Å². The molecule has 0 aromatic heterocycles. The maximum Gasteiger partial charge on any atom is 0.0991 e. The Labute approximate surface area is 195 Å². The summed E-state index contributed by atoms with van der Waals surface area (Å²) in [6.07, 6.45) is 11.6. The van der Waals surface area contributed by atoms with E-state index in [9.17, 15) is 10.4 Å². The van der Waals surface area contributed by atoms with E-state index < -0.39 is 5.60 Å². The van der Waals surface area contributed by atoms with Gasteiger partial charge in [0.15, 0.2) is 0 Å². The fraction of sp³-hybridized carbons (Fsp3) is 0.759. The standard InChI is InChI=1S/C29H42N2O/c1-18-15-20(17-30)5-10-27(18)31-19(2)25-8-9-26-24-7-6-21-16-28(3,32)13-11-22(21)23(24)12-14-29(25,26)4/h5,10,15,19,21-26,31-32H,6-9,11-14,16H2,1-4H3/t19-,21-,22+,23-,24-,25-,26+,28-,29-/m1/s1. The van der Waals surface area contributed by atoms with E-state index in [1.165, 1.54) is 56.2 Å². The molecule has 0 unspecified atom stereocenters. The molecule has 32 heavy (non-hydrogen) atoms. The lowest BCUT2D eigenvalue weighted by molar-refractivity contribution is -0.100. The van der Waals surface area contributed by atoms with Crippen LogP contribution in [0.2, 0.25) is 0 Å². The van der Waals surface area contributed by atoms with Crippen LogP contribution >= 0.6 is 0 Å². The lowest BCUT2D eigenvalue weighted by Crippen LogP contribution is -2.51. The topological polar surface area (TPSA) is 56.0 Å². The zero-order chi connectivity index (χ0) is 22.7. The Morgan fingerprint density at radius 1 is 1.03 bits per heavy atom. The summed E-state index contributed by atoms with van der Waals surface area (Å²) in [5.74, 6) is 5.04. The first-order valence-corrected chi connectivity index (χ1v) is 13.2. The molecule has 4 saturated carbocycles. The van der Waals surface area contributed by atoms with Crippen LogP contribution in [0, 0.1) is 59.2 Å². The average Bonchev–Trinajstić information content (AvgIpc) is 3.11. The summed E-state index contributed by atoms with van der Waals surface area (Å²) in [5.41, 5.74) is 3.13. The number of benzene rings is 1. The molecule has 4 aliphatic rings. The van der Waals surface area contributed by atoms with Crippen LogP contribution in [-0.4, -0.2) is 16.7 Å². The molecule has 0 saturated heterocycles. The smallest absolute Gasteiger partial charge is 0.0991 e. The van der Waals surface area contributed by atoms with E-state index in [1.807, 2.05) is 12.1 Å². The highest BCUT2D eigenvalue weighted by molar-refractivity contribution is 5.54. The summed E-state index contributed by atoms with van der Waals surface area (Å²) in [6.45, 7) is 9.19. The van der Waals surface area contributed by atoms with Gasteiger partial charge in [0, 0.05) is 11.7 Å². The van der Waals surface area contributed by atoms with E-state index in [1.54, 1.807) is 0 Å². The second-order valence-electron chi connectivity index (χ2n) is 12.5. The molecule has 174 valence electrons. The first kappa shape index (κ1) is 22.3. The van der Waals surface area contributed by atoms with Crippen molar-refractivity contribution >= 4 is 5.69 Å². The second-order valence-corrected chi connectivity index (χ2v) is 12.5.